The van der Waals surface area contributed by atoms with Gasteiger partial charge in [0.2, 0.25) is 5.95 Å². The molecule has 0 spiro atoms. The molecule has 0 aliphatic rings. The molecule has 0 radical (unpaired) electrons. The highest BCUT2D eigenvalue weighted by molar-refractivity contribution is 5.93. The summed E-state index contributed by atoms with van der Waals surface area (Å²) in [4.78, 5) is 41.9. The Hall–Kier alpha value is -4.22. The lowest BCUT2D eigenvalue weighted by molar-refractivity contribution is -0.142. The SMILES string of the molecule is COC(=O)COc1cc(N(C)Cc2cnc3nc(N)nc(N)c3n2)ccc1C(=O)OC. The highest BCUT2D eigenvalue weighted by Gasteiger charge is 2.17. The van der Waals surface area contributed by atoms with E-state index in [2.05, 4.69) is 24.7 Å². The Bertz CT molecular complexity index is 1140. The number of rotatable bonds is 7. The molecule has 0 aliphatic heterocycles. The van der Waals surface area contributed by atoms with Gasteiger partial charge >= 0.3 is 11.9 Å². The van der Waals surface area contributed by atoms with Gasteiger partial charge in [-0.2, -0.15) is 9.97 Å². The molecule has 0 saturated heterocycles. The quantitative estimate of drug-likeness (QED) is 0.503. The van der Waals surface area contributed by atoms with E-state index in [0.717, 1.165) is 0 Å². The van der Waals surface area contributed by atoms with Crippen LogP contribution in [0.4, 0.5) is 17.5 Å². The first-order valence-electron chi connectivity index (χ1n) is 9.00. The normalized spacial score (nSPS) is 10.5. The summed E-state index contributed by atoms with van der Waals surface area (Å²) in [6.45, 7) is -0.00696. The Morgan fingerprint density at radius 1 is 1.10 bits per heavy atom. The van der Waals surface area contributed by atoms with Crippen LogP contribution >= 0.6 is 0 Å². The van der Waals surface area contributed by atoms with Gasteiger partial charge in [-0.1, -0.05) is 0 Å². The third-order valence-electron chi connectivity index (χ3n) is 4.28. The number of carbonyl (C=O) groups is 2. The molecule has 12 nitrogen and oxygen atoms in total. The predicted octanol–water partition coefficient (Wildman–Crippen LogP) is 0.559. The van der Waals surface area contributed by atoms with E-state index in [-0.39, 0.29) is 29.7 Å². The van der Waals surface area contributed by atoms with Gasteiger partial charge in [0, 0.05) is 18.8 Å². The molecule has 0 unspecified atom stereocenters. The smallest absolute Gasteiger partial charge is 0.343 e. The molecule has 0 atom stereocenters. The Morgan fingerprint density at radius 3 is 2.58 bits per heavy atom. The van der Waals surface area contributed by atoms with Gasteiger partial charge in [-0.3, -0.25) is 0 Å². The molecule has 162 valence electrons. The molecule has 2 aromatic heterocycles. The molecule has 4 N–H and O–H groups in total. The van der Waals surface area contributed by atoms with E-state index >= 15 is 0 Å². The van der Waals surface area contributed by atoms with Crippen LogP contribution in [0.25, 0.3) is 11.2 Å². The number of hydrogen-bond acceptors (Lipinski definition) is 12. The van der Waals surface area contributed by atoms with Gasteiger partial charge in [-0.25, -0.2) is 19.6 Å². The molecule has 12 heteroatoms. The van der Waals surface area contributed by atoms with Crippen LogP contribution < -0.4 is 21.1 Å². The van der Waals surface area contributed by atoms with Crippen LogP contribution in [0.2, 0.25) is 0 Å². The van der Waals surface area contributed by atoms with Gasteiger partial charge in [0.15, 0.2) is 23.6 Å². The molecule has 0 aliphatic carbocycles. The maximum atomic E-state index is 12.0. The van der Waals surface area contributed by atoms with E-state index < -0.39 is 11.9 Å². The van der Waals surface area contributed by atoms with Gasteiger partial charge in [0.1, 0.15) is 11.3 Å². The summed E-state index contributed by atoms with van der Waals surface area (Å²) >= 11 is 0. The summed E-state index contributed by atoms with van der Waals surface area (Å²) in [6, 6.07) is 4.87. The molecule has 3 rings (SSSR count). The van der Waals surface area contributed by atoms with Crippen LogP contribution in [0.1, 0.15) is 16.1 Å². The van der Waals surface area contributed by atoms with Crippen LogP contribution in [0, 0.1) is 0 Å². The Morgan fingerprint density at radius 2 is 1.87 bits per heavy atom. The van der Waals surface area contributed by atoms with Gasteiger partial charge in [-0.05, 0) is 12.1 Å². The lowest BCUT2D eigenvalue weighted by atomic mass is 10.1. The van der Waals surface area contributed by atoms with Gasteiger partial charge in [0.05, 0.1) is 32.7 Å². The number of hydrogen-bond donors (Lipinski definition) is 2. The van der Waals surface area contributed by atoms with Crippen LogP contribution in [0.3, 0.4) is 0 Å². The highest BCUT2D eigenvalue weighted by Crippen LogP contribution is 2.27. The second-order valence-corrected chi connectivity index (χ2v) is 6.39. The standard InChI is InChI=1S/C19H21N7O5/c1-26(8-10-7-22-17-15(23-10)16(20)24-19(21)25-17)11-4-5-12(18(28)30-3)13(6-11)31-9-14(27)29-2/h4-7H,8-9H2,1-3H3,(H4,20,21,22,24,25). The topological polar surface area (TPSA) is 169 Å². The first-order chi connectivity index (χ1) is 14.8. The van der Waals surface area contributed by atoms with E-state index in [9.17, 15) is 9.59 Å². The number of carbonyl (C=O) groups excluding carboxylic acids is 2. The molecule has 3 aromatic rings. The number of fused-ring (bicyclic) bond motifs is 1. The fraction of sp³-hybridized carbons (Fsp3) is 0.263. The number of anilines is 3. The summed E-state index contributed by atoms with van der Waals surface area (Å²) in [6.07, 6.45) is 1.56. The Balaban J connectivity index is 1.86. The van der Waals surface area contributed by atoms with Crippen molar-refractivity contribution in [3.8, 4) is 5.75 Å². The van der Waals surface area contributed by atoms with Crippen LogP contribution in [-0.2, 0) is 20.8 Å². The van der Waals surface area contributed by atoms with Crippen molar-refractivity contribution in [2.75, 3.05) is 44.2 Å². The lowest BCUT2D eigenvalue weighted by Crippen LogP contribution is -2.19. The summed E-state index contributed by atoms with van der Waals surface area (Å²) in [5.74, 6) is -0.834. The highest BCUT2D eigenvalue weighted by atomic mass is 16.6. The fourth-order valence-electron chi connectivity index (χ4n) is 2.74. The summed E-state index contributed by atoms with van der Waals surface area (Å²) < 4.78 is 14.8. The second-order valence-electron chi connectivity index (χ2n) is 6.39. The van der Waals surface area contributed by atoms with E-state index in [1.54, 1.807) is 24.4 Å². The minimum absolute atomic E-state index is 0.0225. The zero-order valence-corrected chi connectivity index (χ0v) is 17.2. The molecule has 2 heterocycles. The first-order valence-corrected chi connectivity index (χ1v) is 9.00. The van der Waals surface area contributed by atoms with Crippen LogP contribution in [-0.4, -0.2) is 59.7 Å². The molecule has 0 fully saturated rings. The van der Waals surface area contributed by atoms with Crippen LogP contribution in [0.15, 0.2) is 24.4 Å². The van der Waals surface area contributed by atoms with Crippen LogP contribution in [0.5, 0.6) is 5.75 Å². The molecular weight excluding hydrogens is 406 g/mol. The molecule has 0 bridgehead atoms. The van der Waals surface area contributed by atoms with E-state index in [0.29, 0.717) is 29.1 Å². The second kappa shape index (κ2) is 9.07. The van der Waals surface area contributed by atoms with Crippen molar-refractivity contribution in [1.29, 1.82) is 0 Å². The van der Waals surface area contributed by atoms with Gasteiger partial charge in [0.25, 0.3) is 0 Å². The van der Waals surface area contributed by atoms with Crippen molar-refractivity contribution in [1.82, 2.24) is 19.9 Å². The van der Waals surface area contributed by atoms with Crippen molar-refractivity contribution in [2.45, 2.75) is 6.54 Å². The lowest BCUT2D eigenvalue weighted by Gasteiger charge is -2.20. The molecule has 1 aromatic carbocycles. The number of nitrogens with zero attached hydrogens (tertiary/aromatic N) is 5. The van der Waals surface area contributed by atoms with Crippen molar-refractivity contribution in [3.63, 3.8) is 0 Å². The van der Waals surface area contributed by atoms with E-state index in [1.165, 1.54) is 14.2 Å². The van der Waals surface area contributed by atoms with Crippen molar-refractivity contribution in [2.24, 2.45) is 0 Å². The third-order valence-corrected chi connectivity index (χ3v) is 4.28. The minimum Gasteiger partial charge on any atom is -0.481 e. The summed E-state index contributed by atoms with van der Waals surface area (Å²) in [5, 5.41) is 0. The summed E-state index contributed by atoms with van der Waals surface area (Å²) in [7, 11) is 4.31. The largest absolute Gasteiger partial charge is 0.481 e. The van der Waals surface area contributed by atoms with E-state index in [1.807, 2.05) is 11.9 Å². The average Bonchev–Trinajstić information content (AvgIpc) is 2.76. The molecule has 0 saturated carbocycles. The number of methoxy groups -OCH3 is 2. The maximum absolute atomic E-state index is 12.0. The van der Waals surface area contributed by atoms with Gasteiger partial charge in [-0.15, -0.1) is 0 Å². The molecule has 0 amide bonds. The number of benzene rings is 1. The monoisotopic (exact) mass is 427 g/mol. The number of nitrogens with two attached hydrogens (primary N) is 2. The maximum Gasteiger partial charge on any atom is 0.343 e. The zero-order valence-electron chi connectivity index (χ0n) is 17.2. The number of aromatic nitrogens is 4. The molecule has 31 heavy (non-hydrogen) atoms. The number of nitrogen functional groups attached to an aromatic ring is 2. The zero-order chi connectivity index (χ0) is 22.5. The minimum atomic E-state index is -0.593. The fourth-order valence-corrected chi connectivity index (χ4v) is 2.74. The Labute approximate surface area is 177 Å². The van der Waals surface area contributed by atoms with Crippen molar-refractivity contribution >= 4 is 40.6 Å². The predicted molar refractivity (Wildman–Crippen MR) is 111 cm³/mol. The first kappa shape index (κ1) is 21.5. The third kappa shape index (κ3) is 4.86. The average molecular weight is 427 g/mol. The Kier molecular flexibility index (Phi) is 6.29. The van der Waals surface area contributed by atoms with E-state index in [4.69, 9.17) is 20.9 Å². The molecular formula is C19H21N7O5. The van der Waals surface area contributed by atoms with Crippen molar-refractivity contribution in [3.05, 3.63) is 35.7 Å². The number of ether oxygens (including phenoxy) is 3. The van der Waals surface area contributed by atoms with Gasteiger partial charge < -0.3 is 30.6 Å². The number of esters is 2. The summed E-state index contributed by atoms with van der Waals surface area (Å²) in [5.41, 5.74) is 13.6. The van der Waals surface area contributed by atoms with Crippen molar-refractivity contribution < 1.29 is 23.8 Å².